The van der Waals surface area contributed by atoms with E-state index in [2.05, 4.69) is 27.5 Å². The van der Waals surface area contributed by atoms with Crippen molar-refractivity contribution in [3.8, 4) is 0 Å². The molecule has 0 fully saturated rings. The zero-order valence-electron chi connectivity index (χ0n) is 17.7. The number of nitrogens with one attached hydrogen (secondary N) is 1. The Balaban J connectivity index is 1.35. The van der Waals surface area contributed by atoms with Gasteiger partial charge < -0.3 is 10.2 Å². The first kappa shape index (κ1) is 20.8. The summed E-state index contributed by atoms with van der Waals surface area (Å²) >= 11 is 0. The maximum absolute atomic E-state index is 13.1. The van der Waals surface area contributed by atoms with Crippen molar-refractivity contribution in [2.45, 2.75) is 25.8 Å². The highest BCUT2D eigenvalue weighted by molar-refractivity contribution is 5.95. The fourth-order valence-corrected chi connectivity index (χ4v) is 3.94. The maximum Gasteiger partial charge on any atom is 0.257 e. The van der Waals surface area contributed by atoms with E-state index in [1.54, 1.807) is 35.6 Å². The average molecular weight is 418 g/mol. The van der Waals surface area contributed by atoms with E-state index in [0.717, 1.165) is 31.5 Å². The molecule has 4 rings (SSSR count). The van der Waals surface area contributed by atoms with Crippen molar-refractivity contribution in [1.29, 1.82) is 0 Å². The molecule has 0 radical (unpaired) electrons. The molecular weight excluding hydrogens is 390 g/mol. The third-order valence-electron chi connectivity index (χ3n) is 5.81. The second kappa shape index (κ2) is 9.55. The van der Waals surface area contributed by atoms with Gasteiger partial charge in [0.2, 0.25) is 0 Å². The second-order valence-corrected chi connectivity index (χ2v) is 8.00. The van der Waals surface area contributed by atoms with Crippen molar-refractivity contribution in [1.82, 2.24) is 25.0 Å². The predicted octanol–water partition coefficient (Wildman–Crippen LogP) is 2.59. The van der Waals surface area contributed by atoms with E-state index in [0.29, 0.717) is 24.2 Å². The highest BCUT2D eigenvalue weighted by Crippen LogP contribution is 2.23. The molecule has 2 aromatic heterocycles. The molecular formula is C24H27N5O2. The Labute approximate surface area is 182 Å². The van der Waals surface area contributed by atoms with Gasteiger partial charge in [0, 0.05) is 39.1 Å². The number of hydrogen-bond acceptors (Lipinski definition) is 4. The van der Waals surface area contributed by atoms with Crippen molar-refractivity contribution >= 4 is 11.8 Å². The largest absolute Gasteiger partial charge is 0.352 e. The maximum atomic E-state index is 13.1. The first-order valence-electron chi connectivity index (χ1n) is 10.6. The van der Waals surface area contributed by atoms with E-state index in [1.807, 2.05) is 29.9 Å². The van der Waals surface area contributed by atoms with Gasteiger partial charge in [-0.05, 0) is 42.9 Å². The summed E-state index contributed by atoms with van der Waals surface area (Å²) < 4.78 is 1.93. The molecule has 31 heavy (non-hydrogen) atoms. The number of hydrogen-bond donors (Lipinski definition) is 1. The Morgan fingerprint density at radius 2 is 2.00 bits per heavy atom. The van der Waals surface area contributed by atoms with Crippen LogP contribution in [0.1, 0.15) is 38.4 Å². The lowest BCUT2D eigenvalue weighted by Gasteiger charge is -2.25. The molecule has 7 nitrogen and oxygen atoms in total. The molecule has 1 unspecified atom stereocenters. The van der Waals surface area contributed by atoms with Crippen LogP contribution in [0.2, 0.25) is 0 Å². The minimum atomic E-state index is -0.121. The number of carbonyl (C=O) groups is 2. The summed E-state index contributed by atoms with van der Waals surface area (Å²) in [6.07, 6.45) is 7.35. The number of likely N-dealkylation sites (N-methyl/N-ethyl adjacent to an activating group) is 1. The zero-order valence-corrected chi connectivity index (χ0v) is 17.7. The zero-order chi connectivity index (χ0) is 21.6. The lowest BCUT2D eigenvalue weighted by Crippen LogP contribution is -2.34. The molecule has 0 aliphatic carbocycles. The van der Waals surface area contributed by atoms with Crippen LogP contribution in [-0.2, 0) is 19.4 Å². The summed E-state index contributed by atoms with van der Waals surface area (Å²) in [5.41, 5.74) is 3.39. The van der Waals surface area contributed by atoms with E-state index in [4.69, 9.17) is 0 Å². The summed E-state index contributed by atoms with van der Waals surface area (Å²) in [5.74, 6) is 0.146. The van der Waals surface area contributed by atoms with Crippen LogP contribution in [-0.4, -0.2) is 51.6 Å². The Hall–Kier alpha value is -3.48. The predicted molar refractivity (Wildman–Crippen MR) is 118 cm³/mol. The van der Waals surface area contributed by atoms with Crippen LogP contribution in [0.15, 0.2) is 61.1 Å². The molecule has 2 amide bonds. The van der Waals surface area contributed by atoms with Gasteiger partial charge in [-0.25, -0.2) is 0 Å². The van der Waals surface area contributed by atoms with Gasteiger partial charge in [-0.3, -0.25) is 19.3 Å². The lowest BCUT2D eigenvalue weighted by atomic mass is 9.94. The first-order chi connectivity index (χ1) is 15.1. The molecule has 1 aromatic carbocycles. The van der Waals surface area contributed by atoms with Crippen molar-refractivity contribution in [3.05, 3.63) is 83.4 Å². The average Bonchev–Trinajstić information content (AvgIpc) is 3.25. The van der Waals surface area contributed by atoms with Crippen molar-refractivity contribution < 1.29 is 9.59 Å². The molecule has 1 aliphatic heterocycles. The Bertz CT molecular complexity index is 1030. The van der Waals surface area contributed by atoms with Crippen LogP contribution >= 0.6 is 0 Å². The molecule has 0 bridgehead atoms. The van der Waals surface area contributed by atoms with Crippen LogP contribution in [0.25, 0.3) is 0 Å². The molecule has 1 aliphatic rings. The van der Waals surface area contributed by atoms with E-state index in [9.17, 15) is 9.59 Å². The molecule has 7 heteroatoms. The third-order valence-corrected chi connectivity index (χ3v) is 5.81. The SMILES string of the molecule is CN(CCc1ccccc1)C(=O)c1cnn2c1CC(CNC(=O)c1cccnc1)CC2. The summed E-state index contributed by atoms with van der Waals surface area (Å²) in [7, 11) is 1.84. The number of amides is 2. The van der Waals surface area contributed by atoms with E-state index in [-0.39, 0.29) is 17.7 Å². The number of aromatic nitrogens is 3. The van der Waals surface area contributed by atoms with E-state index < -0.39 is 0 Å². The van der Waals surface area contributed by atoms with Crippen LogP contribution in [0, 0.1) is 5.92 Å². The number of carbonyl (C=O) groups excluding carboxylic acids is 2. The number of aryl methyl sites for hydroxylation is 1. The van der Waals surface area contributed by atoms with Crippen molar-refractivity contribution in [3.63, 3.8) is 0 Å². The van der Waals surface area contributed by atoms with Crippen LogP contribution in [0.4, 0.5) is 0 Å². The van der Waals surface area contributed by atoms with Gasteiger partial charge in [-0.1, -0.05) is 30.3 Å². The molecule has 3 heterocycles. The quantitative estimate of drug-likeness (QED) is 0.641. The summed E-state index contributed by atoms with van der Waals surface area (Å²) in [6.45, 7) is 1.97. The van der Waals surface area contributed by atoms with Gasteiger partial charge in [-0.2, -0.15) is 5.10 Å². The monoisotopic (exact) mass is 417 g/mol. The molecule has 0 saturated heterocycles. The van der Waals surface area contributed by atoms with Gasteiger partial charge in [0.05, 0.1) is 23.0 Å². The number of fused-ring (bicyclic) bond motifs is 1. The van der Waals surface area contributed by atoms with Gasteiger partial charge >= 0.3 is 0 Å². The highest BCUT2D eigenvalue weighted by Gasteiger charge is 2.27. The Morgan fingerprint density at radius 3 is 2.77 bits per heavy atom. The van der Waals surface area contributed by atoms with Gasteiger partial charge in [0.25, 0.3) is 11.8 Å². The number of rotatable bonds is 7. The van der Waals surface area contributed by atoms with Crippen LogP contribution in [0.5, 0.6) is 0 Å². The highest BCUT2D eigenvalue weighted by atomic mass is 16.2. The number of nitrogens with zero attached hydrogens (tertiary/aromatic N) is 4. The van der Waals surface area contributed by atoms with Crippen LogP contribution in [0.3, 0.4) is 0 Å². The number of pyridine rings is 1. The standard InChI is InChI=1S/C24H27N5O2/c1-28(12-9-18-6-3-2-4-7-18)24(31)21-17-27-29-13-10-19(14-22(21)29)15-26-23(30)20-8-5-11-25-16-20/h2-8,11,16-17,19H,9-10,12-15H2,1H3,(H,26,30). The summed E-state index contributed by atoms with van der Waals surface area (Å²) in [5, 5.41) is 7.43. The molecule has 1 atom stereocenters. The fraction of sp³-hybridized carbons (Fsp3) is 0.333. The topological polar surface area (TPSA) is 80.1 Å². The normalized spacial score (nSPS) is 15.2. The van der Waals surface area contributed by atoms with Crippen LogP contribution < -0.4 is 5.32 Å². The van der Waals surface area contributed by atoms with E-state index >= 15 is 0 Å². The number of benzene rings is 1. The summed E-state index contributed by atoms with van der Waals surface area (Å²) in [4.78, 5) is 31.1. The first-order valence-corrected chi connectivity index (χ1v) is 10.6. The van der Waals surface area contributed by atoms with Gasteiger partial charge in [0.15, 0.2) is 0 Å². The smallest absolute Gasteiger partial charge is 0.257 e. The lowest BCUT2D eigenvalue weighted by molar-refractivity contribution is 0.0793. The minimum Gasteiger partial charge on any atom is -0.352 e. The molecule has 3 aromatic rings. The summed E-state index contributed by atoms with van der Waals surface area (Å²) in [6, 6.07) is 13.7. The third kappa shape index (κ3) is 4.99. The Morgan fingerprint density at radius 1 is 1.16 bits per heavy atom. The Kier molecular flexibility index (Phi) is 6.40. The van der Waals surface area contributed by atoms with E-state index in [1.165, 1.54) is 5.56 Å². The molecule has 0 spiro atoms. The van der Waals surface area contributed by atoms with Crippen molar-refractivity contribution in [2.24, 2.45) is 5.92 Å². The molecule has 1 N–H and O–H groups in total. The molecule has 0 saturated carbocycles. The van der Waals surface area contributed by atoms with Crippen molar-refractivity contribution in [2.75, 3.05) is 20.1 Å². The minimum absolute atomic E-state index is 0.00257. The van der Waals surface area contributed by atoms with Gasteiger partial charge in [0.1, 0.15) is 0 Å². The second-order valence-electron chi connectivity index (χ2n) is 8.00. The van der Waals surface area contributed by atoms with Gasteiger partial charge in [-0.15, -0.1) is 0 Å². The molecule has 160 valence electrons. The fourth-order valence-electron chi connectivity index (χ4n) is 3.94.